The highest BCUT2D eigenvalue weighted by molar-refractivity contribution is 8.18. The van der Waals surface area contributed by atoms with E-state index in [0.717, 1.165) is 19.0 Å². The number of nitrogens with zero attached hydrogens (tertiary/aromatic N) is 1. The summed E-state index contributed by atoms with van der Waals surface area (Å²) in [6.07, 6.45) is 1.83. The van der Waals surface area contributed by atoms with Gasteiger partial charge in [-0.05, 0) is 54.2 Å². The summed E-state index contributed by atoms with van der Waals surface area (Å²) in [5.74, 6) is -0.266. The number of nitrogens with two attached hydrogens (primary N) is 1. The first-order valence-corrected chi connectivity index (χ1v) is 8.74. The van der Waals surface area contributed by atoms with Gasteiger partial charge in [-0.15, -0.1) is 11.3 Å². The van der Waals surface area contributed by atoms with Gasteiger partial charge in [0.2, 0.25) is 0 Å². The van der Waals surface area contributed by atoms with Crippen LogP contribution in [0.15, 0.2) is 55.4 Å². The lowest BCUT2D eigenvalue weighted by atomic mass is 10.4. The van der Waals surface area contributed by atoms with Gasteiger partial charge in [0.15, 0.2) is 5.17 Å². The lowest BCUT2D eigenvalue weighted by molar-refractivity contribution is -0.113. The number of aliphatic imine (C=N–C) groups is 1. The number of rotatable bonds is 3. The van der Waals surface area contributed by atoms with E-state index in [-0.39, 0.29) is 5.91 Å². The smallest absolute Gasteiger partial charge is 0.286 e. The third kappa shape index (κ3) is 3.71. The van der Waals surface area contributed by atoms with Gasteiger partial charge in [0.25, 0.3) is 5.91 Å². The van der Waals surface area contributed by atoms with E-state index in [1.807, 2.05) is 42.5 Å². The molecule has 1 aliphatic rings. The number of carbonyl (C=O) groups excluding carboxylic acids is 1. The van der Waals surface area contributed by atoms with Gasteiger partial charge in [-0.2, -0.15) is 4.99 Å². The fourth-order valence-electron chi connectivity index (χ4n) is 1.64. The van der Waals surface area contributed by atoms with Gasteiger partial charge >= 0.3 is 0 Å². The fraction of sp³-hybridized carbons (Fsp3) is 0. The summed E-state index contributed by atoms with van der Waals surface area (Å²) in [5, 5.41) is 1.03. The minimum absolute atomic E-state index is 0.266. The second-order valence-corrected chi connectivity index (χ2v) is 8.07. The molecule has 0 aliphatic carbocycles. The average Bonchev–Trinajstić information content (AvgIpc) is 3.00. The van der Waals surface area contributed by atoms with Crippen LogP contribution in [0.1, 0.15) is 4.88 Å². The summed E-state index contributed by atoms with van der Waals surface area (Å²) in [4.78, 5) is 17.9. The van der Waals surface area contributed by atoms with E-state index in [2.05, 4.69) is 4.99 Å². The minimum atomic E-state index is -0.266. The number of benzene rings is 1. The Hall–Kier alpha value is -1.21. The highest BCUT2D eigenvalue weighted by Crippen LogP contribution is 2.36. The van der Waals surface area contributed by atoms with Crippen molar-refractivity contribution in [3.8, 4) is 0 Å². The molecule has 106 valence electrons. The predicted molar refractivity (Wildman–Crippen MR) is 92.1 cm³/mol. The Morgan fingerprint density at radius 2 is 1.95 bits per heavy atom. The monoisotopic (exact) mass is 352 g/mol. The van der Waals surface area contributed by atoms with Crippen molar-refractivity contribution in [2.24, 2.45) is 10.7 Å². The van der Waals surface area contributed by atoms with Crippen LogP contribution in [0, 0.1) is 0 Å². The summed E-state index contributed by atoms with van der Waals surface area (Å²) >= 11 is 10.4. The van der Waals surface area contributed by atoms with Gasteiger partial charge in [-0.25, -0.2) is 0 Å². The fourth-order valence-corrected chi connectivity index (χ4v) is 4.58. The number of hydrogen-bond donors (Lipinski definition) is 1. The van der Waals surface area contributed by atoms with Crippen LogP contribution in [-0.4, -0.2) is 11.1 Å². The molecule has 1 aromatic carbocycles. The van der Waals surface area contributed by atoms with E-state index in [1.165, 1.54) is 11.8 Å². The van der Waals surface area contributed by atoms with Crippen LogP contribution in [-0.2, 0) is 4.79 Å². The van der Waals surface area contributed by atoms with Crippen LogP contribution >= 0.6 is 46.5 Å². The Morgan fingerprint density at radius 1 is 1.19 bits per heavy atom. The van der Waals surface area contributed by atoms with E-state index in [0.29, 0.717) is 10.1 Å². The normalized spacial score (nSPS) is 16.5. The molecule has 3 nitrogen and oxygen atoms in total. The minimum Gasteiger partial charge on any atom is -0.378 e. The van der Waals surface area contributed by atoms with Crippen molar-refractivity contribution in [1.82, 2.24) is 0 Å². The molecule has 0 saturated heterocycles. The highest BCUT2D eigenvalue weighted by atomic mass is 35.5. The van der Waals surface area contributed by atoms with Gasteiger partial charge in [-0.3, -0.25) is 4.79 Å². The second kappa shape index (κ2) is 6.27. The number of carbonyl (C=O) groups is 1. The van der Waals surface area contributed by atoms with E-state index >= 15 is 0 Å². The quantitative estimate of drug-likeness (QED) is 0.827. The van der Waals surface area contributed by atoms with Crippen molar-refractivity contribution in [3.05, 3.63) is 51.2 Å². The van der Waals surface area contributed by atoms with E-state index in [1.54, 1.807) is 23.1 Å². The zero-order valence-electron chi connectivity index (χ0n) is 10.6. The molecule has 21 heavy (non-hydrogen) atoms. The first-order valence-electron chi connectivity index (χ1n) is 5.91. The summed E-state index contributed by atoms with van der Waals surface area (Å²) in [5.41, 5.74) is 5.53. The molecule has 1 aromatic heterocycles. The number of amidine groups is 1. The number of thiophene rings is 1. The standard InChI is InChI=1S/C14H9ClN2OS3/c15-8-1-3-9(4-2-8)19-12-6-5-10(20-12)7-11-13(18)17-14(16)21-11/h1-7H,(H2,16,17,18). The molecule has 2 aromatic rings. The lowest BCUT2D eigenvalue weighted by Gasteiger charge is -1.97. The van der Waals surface area contributed by atoms with Crippen molar-refractivity contribution in [3.63, 3.8) is 0 Å². The molecule has 0 spiro atoms. The summed E-state index contributed by atoms with van der Waals surface area (Å²) < 4.78 is 1.15. The number of thioether (sulfide) groups is 1. The molecule has 0 unspecified atom stereocenters. The first kappa shape index (κ1) is 14.7. The molecule has 2 heterocycles. The van der Waals surface area contributed by atoms with Crippen molar-refractivity contribution in [2.75, 3.05) is 0 Å². The first-order chi connectivity index (χ1) is 10.1. The van der Waals surface area contributed by atoms with E-state index in [9.17, 15) is 4.79 Å². The van der Waals surface area contributed by atoms with Gasteiger partial charge in [0, 0.05) is 14.8 Å². The molecule has 0 fully saturated rings. The molecular weight excluding hydrogens is 344 g/mol. The van der Waals surface area contributed by atoms with Gasteiger partial charge in [0.1, 0.15) is 0 Å². The SMILES string of the molecule is NC1=NC(=O)C(=Cc2ccc(Sc3ccc(Cl)cc3)s2)S1. The Kier molecular flexibility index (Phi) is 4.40. The van der Waals surface area contributed by atoms with Crippen LogP contribution in [0.2, 0.25) is 5.02 Å². The van der Waals surface area contributed by atoms with Crippen LogP contribution < -0.4 is 5.73 Å². The van der Waals surface area contributed by atoms with Gasteiger partial charge < -0.3 is 5.73 Å². The molecule has 1 amide bonds. The molecule has 0 radical (unpaired) electrons. The number of halogens is 1. The Bertz CT molecular complexity index is 750. The number of hydrogen-bond acceptors (Lipinski definition) is 5. The molecule has 7 heteroatoms. The molecule has 0 atom stereocenters. The summed E-state index contributed by atoms with van der Waals surface area (Å²) in [6.45, 7) is 0. The van der Waals surface area contributed by atoms with Crippen LogP contribution in [0.5, 0.6) is 0 Å². The third-order valence-electron chi connectivity index (χ3n) is 2.54. The summed E-state index contributed by atoms with van der Waals surface area (Å²) in [7, 11) is 0. The van der Waals surface area contributed by atoms with Gasteiger partial charge in [0.05, 0.1) is 9.11 Å². The van der Waals surface area contributed by atoms with Crippen molar-refractivity contribution in [1.29, 1.82) is 0 Å². The van der Waals surface area contributed by atoms with Gasteiger partial charge in [-0.1, -0.05) is 23.4 Å². The van der Waals surface area contributed by atoms with Crippen molar-refractivity contribution in [2.45, 2.75) is 9.10 Å². The Balaban J connectivity index is 1.74. The predicted octanol–water partition coefficient (Wildman–Crippen LogP) is 4.48. The van der Waals surface area contributed by atoms with E-state index in [4.69, 9.17) is 17.3 Å². The Labute approximate surface area is 139 Å². The van der Waals surface area contributed by atoms with Crippen LogP contribution in [0.3, 0.4) is 0 Å². The zero-order chi connectivity index (χ0) is 14.8. The van der Waals surface area contributed by atoms with Crippen molar-refractivity contribution < 1.29 is 4.79 Å². The molecule has 1 aliphatic heterocycles. The molecule has 2 N–H and O–H groups in total. The maximum absolute atomic E-state index is 11.5. The highest BCUT2D eigenvalue weighted by Gasteiger charge is 2.19. The Morgan fingerprint density at radius 3 is 2.62 bits per heavy atom. The average molecular weight is 353 g/mol. The third-order valence-corrected chi connectivity index (χ3v) is 5.78. The molecular formula is C14H9ClN2OS3. The summed E-state index contributed by atoms with van der Waals surface area (Å²) in [6, 6.07) is 11.7. The maximum Gasteiger partial charge on any atom is 0.286 e. The second-order valence-electron chi connectivity index (χ2n) is 4.08. The topological polar surface area (TPSA) is 55.4 Å². The van der Waals surface area contributed by atoms with Crippen LogP contribution in [0.4, 0.5) is 0 Å². The van der Waals surface area contributed by atoms with Crippen LogP contribution in [0.25, 0.3) is 6.08 Å². The molecule has 0 saturated carbocycles. The van der Waals surface area contributed by atoms with Crippen molar-refractivity contribution >= 4 is 63.6 Å². The molecule has 3 rings (SSSR count). The zero-order valence-corrected chi connectivity index (χ0v) is 13.8. The van der Waals surface area contributed by atoms with E-state index < -0.39 is 0 Å². The number of amides is 1. The molecule has 0 bridgehead atoms. The lowest BCUT2D eigenvalue weighted by Crippen LogP contribution is -2.01. The maximum atomic E-state index is 11.5. The largest absolute Gasteiger partial charge is 0.378 e.